The van der Waals surface area contributed by atoms with Crippen molar-refractivity contribution in [2.75, 3.05) is 13.1 Å². The highest BCUT2D eigenvalue weighted by Crippen LogP contribution is 2.30. The van der Waals surface area contributed by atoms with E-state index in [0.717, 1.165) is 32.4 Å². The molecule has 1 aliphatic rings. The van der Waals surface area contributed by atoms with Gasteiger partial charge in [-0.1, -0.05) is 0 Å². The summed E-state index contributed by atoms with van der Waals surface area (Å²) in [7, 11) is 0. The summed E-state index contributed by atoms with van der Waals surface area (Å²) in [5.41, 5.74) is 0.885. The van der Waals surface area contributed by atoms with Crippen molar-refractivity contribution in [1.29, 1.82) is 0 Å². The van der Waals surface area contributed by atoms with Crippen LogP contribution in [0.15, 0.2) is 24.5 Å². The Morgan fingerprint density at radius 2 is 2.07 bits per heavy atom. The number of hydrogen-bond acceptors (Lipinski definition) is 3. The molecule has 0 amide bonds. The number of hydrogen-bond donors (Lipinski definition) is 2. The van der Waals surface area contributed by atoms with Gasteiger partial charge in [0, 0.05) is 18.9 Å². The second kappa shape index (κ2) is 4.73. The summed E-state index contributed by atoms with van der Waals surface area (Å²) in [6, 6.07) is 4.06. The largest absolute Gasteiger partial charge is 0.389 e. The van der Waals surface area contributed by atoms with Crippen LogP contribution < -0.4 is 5.32 Å². The molecule has 82 valence electrons. The number of rotatable bonds is 5. The van der Waals surface area contributed by atoms with Crippen LogP contribution in [0.5, 0.6) is 0 Å². The van der Waals surface area contributed by atoms with Crippen LogP contribution in [0, 0.1) is 0 Å². The monoisotopic (exact) mass is 206 g/mol. The highest BCUT2D eigenvalue weighted by Gasteiger charge is 2.33. The fourth-order valence-corrected chi connectivity index (χ4v) is 1.86. The third kappa shape index (κ3) is 3.01. The van der Waals surface area contributed by atoms with Gasteiger partial charge in [-0.15, -0.1) is 0 Å². The van der Waals surface area contributed by atoms with Crippen molar-refractivity contribution < 1.29 is 5.11 Å². The Hall–Kier alpha value is -0.930. The van der Waals surface area contributed by atoms with Gasteiger partial charge in [-0.05, 0) is 49.9 Å². The van der Waals surface area contributed by atoms with Gasteiger partial charge in [0.15, 0.2) is 0 Å². The second-order valence-electron chi connectivity index (χ2n) is 4.36. The molecule has 1 aromatic heterocycles. The van der Waals surface area contributed by atoms with Crippen molar-refractivity contribution >= 4 is 0 Å². The van der Waals surface area contributed by atoms with Crippen molar-refractivity contribution in [3.8, 4) is 0 Å². The molecule has 1 heterocycles. The van der Waals surface area contributed by atoms with E-state index in [-0.39, 0.29) is 0 Å². The number of pyridine rings is 1. The van der Waals surface area contributed by atoms with Crippen LogP contribution in [0.4, 0.5) is 0 Å². The molecule has 1 aliphatic carbocycles. The molecule has 0 bridgehead atoms. The highest BCUT2D eigenvalue weighted by molar-refractivity contribution is 5.09. The number of nitrogens with one attached hydrogen (secondary N) is 1. The standard InChI is InChI=1S/C12H18N2O/c15-12(5-1-6-12)10-14-9-4-11-2-7-13-8-3-11/h2-3,7-8,14-15H,1,4-6,9-10H2. The van der Waals surface area contributed by atoms with Crippen molar-refractivity contribution in [2.45, 2.75) is 31.3 Å². The number of aliphatic hydroxyl groups is 1. The van der Waals surface area contributed by atoms with Crippen LogP contribution in [0.1, 0.15) is 24.8 Å². The maximum absolute atomic E-state index is 9.83. The van der Waals surface area contributed by atoms with Gasteiger partial charge >= 0.3 is 0 Å². The van der Waals surface area contributed by atoms with Crippen LogP contribution in [-0.4, -0.2) is 28.8 Å². The minimum atomic E-state index is -0.405. The normalized spacial score (nSPS) is 18.5. The summed E-state index contributed by atoms with van der Waals surface area (Å²) in [5, 5.41) is 13.1. The first-order valence-electron chi connectivity index (χ1n) is 5.61. The second-order valence-corrected chi connectivity index (χ2v) is 4.36. The van der Waals surface area contributed by atoms with Gasteiger partial charge in [-0.25, -0.2) is 0 Å². The average molecular weight is 206 g/mol. The third-order valence-electron chi connectivity index (χ3n) is 3.08. The average Bonchev–Trinajstić information content (AvgIpc) is 2.23. The summed E-state index contributed by atoms with van der Waals surface area (Å²) in [4.78, 5) is 3.97. The van der Waals surface area contributed by atoms with Gasteiger partial charge < -0.3 is 10.4 Å². The molecular weight excluding hydrogens is 188 g/mol. The minimum absolute atomic E-state index is 0.405. The fraction of sp³-hybridized carbons (Fsp3) is 0.583. The molecular formula is C12H18N2O. The van der Waals surface area contributed by atoms with Gasteiger partial charge in [0.1, 0.15) is 0 Å². The smallest absolute Gasteiger partial charge is 0.0771 e. The SMILES string of the molecule is OC1(CNCCc2ccncc2)CCC1. The lowest BCUT2D eigenvalue weighted by Gasteiger charge is -2.36. The van der Waals surface area contributed by atoms with Crippen molar-refractivity contribution in [3.05, 3.63) is 30.1 Å². The first-order chi connectivity index (χ1) is 7.29. The number of nitrogens with zero attached hydrogens (tertiary/aromatic N) is 1. The maximum Gasteiger partial charge on any atom is 0.0771 e. The molecule has 0 unspecified atom stereocenters. The Kier molecular flexibility index (Phi) is 3.34. The summed E-state index contributed by atoms with van der Waals surface area (Å²) in [6.45, 7) is 1.66. The van der Waals surface area contributed by atoms with E-state index in [9.17, 15) is 5.11 Å². The van der Waals surface area contributed by atoms with E-state index in [1.165, 1.54) is 12.0 Å². The molecule has 1 fully saturated rings. The van der Waals surface area contributed by atoms with Crippen molar-refractivity contribution in [2.24, 2.45) is 0 Å². The Labute approximate surface area is 90.5 Å². The molecule has 0 atom stereocenters. The zero-order chi connectivity index (χ0) is 10.6. The third-order valence-corrected chi connectivity index (χ3v) is 3.08. The first kappa shape index (κ1) is 10.6. The zero-order valence-electron chi connectivity index (χ0n) is 8.95. The van der Waals surface area contributed by atoms with E-state index in [4.69, 9.17) is 0 Å². The Balaban J connectivity index is 1.63. The molecule has 1 aromatic rings. The van der Waals surface area contributed by atoms with Crippen molar-refractivity contribution in [1.82, 2.24) is 10.3 Å². The lowest BCUT2D eigenvalue weighted by molar-refractivity contribution is -0.0310. The van der Waals surface area contributed by atoms with Gasteiger partial charge in [0.25, 0.3) is 0 Å². The van der Waals surface area contributed by atoms with Crippen molar-refractivity contribution in [3.63, 3.8) is 0 Å². The Morgan fingerprint density at radius 3 is 2.67 bits per heavy atom. The summed E-state index contributed by atoms with van der Waals surface area (Å²) < 4.78 is 0. The predicted molar refractivity (Wildman–Crippen MR) is 59.6 cm³/mol. The molecule has 0 aromatic carbocycles. The summed E-state index contributed by atoms with van der Waals surface area (Å²) >= 11 is 0. The molecule has 3 nitrogen and oxygen atoms in total. The lowest BCUT2D eigenvalue weighted by Crippen LogP contribution is -2.46. The van der Waals surface area contributed by atoms with Crippen LogP contribution in [0.2, 0.25) is 0 Å². The lowest BCUT2D eigenvalue weighted by atomic mass is 9.80. The molecule has 2 rings (SSSR count). The fourth-order valence-electron chi connectivity index (χ4n) is 1.86. The van der Waals surface area contributed by atoms with Crippen LogP contribution in [0.25, 0.3) is 0 Å². The molecule has 0 saturated heterocycles. The molecule has 0 spiro atoms. The highest BCUT2D eigenvalue weighted by atomic mass is 16.3. The van der Waals surface area contributed by atoms with Crippen LogP contribution in [-0.2, 0) is 6.42 Å². The van der Waals surface area contributed by atoms with E-state index in [1.54, 1.807) is 0 Å². The Bertz CT molecular complexity index is 296. The van der Waals surface area contributed by atoms with Crippen LogP contribution >= 0.6 is 0 Å². The molecule has 0 aliphatic heterocycles. The predicted octanol–water partition coefficient (Wildman–Crippen LogP) is 1.13. The van der Waals surface area contributed by atoms with Gasteiger partial charge in [-0.2, -0.15) is 0 Å². The Morgan fingerprint density at radius 1 is 1.33 bits per heavy atom. The first-order valence-corrected chi connectivity index (χ1v) is 5.61. The van der Waals surface area contributed by atoms with E-state index < -0.39 is 5.60 Å². The molecule has 1 saturated carbocycles. The molecule has 15 heavy (non-hydrogen) atoms. The number of aromatic nitrogens is 1. The van der Waals surface area contributed by atoms with E-state index in [0.29, 0.717) is 0 Å². The quantitative estimate of drug-likeness (QED) is 0.710. The minimum Gasteiger partial charge on any atom is -0.389 e. The molecule has 3 heteroatoms. The maximum atomic E-state index is 9.83. The van der Waals surface area contributed by atoms with Gasteiger partial charge in [0.05, 0.1) is 5.60 Å². The van der Waals surface area contributed by atoms with E-state index in [2.05, 4.69) is 10.3 Å². The molecule has 2 N–H and O–H groups in total. The van der Waals surface area contributed by atoms with Gasteiger partial charge in [0.2, 0.25) is 0 Å². The molecule has 0 radical (unpaired) electrons. The van der Waals surface area contributed by atoms with E-state index >= 15 is 0 Å². The zero-order valence-corrected chi connectivity index (χ0v) is 8.95. The summed E-state index contributed by atoms with van der Waals surface area (Å²) in [6.07, 6.45) is 7.70. The summed E-state index contributed by atoms with van der Waals surface area (Å²) in [5.74, 6) is 0. The van der Waals surface area contributed by atoms with E-state index in [1.807, 2.05) is 24.5 Å². The van der Waals surface area contributed by atoms with Crippen LogP contribution in [0.3, 0.4) is 0 Å². The topological polar surface area (TPSA) is 45.1 Å². The van der Waals surface area contributed by atoms with Gasteiger partial charge in [-0.3, -0.25) is 4.98 Å².